The van der Waals surface area contributed by atoms with E-state index in [0.717, 1.165) is 17.0 Å². The third kappa shape index (κ3) is 3.73. The van der Waals surface area contributed by atoms with Crippen molar-refractivity contribution >= 4 is 21.4 Å². The molecule has 0 bridgehead atoms. The Morgan fingerprint density at radius 2 is 1.91 bits per heavy atom. The van der Waals surface area contributed by atoms with Gasteiger partial charge in [-0.2, -0.15) is 0 Å². The van der Waals surface area contributed by atoms with Crippen LogP contribution in [0.4, 0.5) is 0 Å². The summed E-state index contributed by atoms with van der Waals surface area (Å²) in [6.45, 7) is 1.92. The van der Waals surface area contributed by atoms with Gasteiger partial charge >= 0.3 is 0 Å². The first-order valence-electron chi connectivity index (χ1n) is 6.61. The zero-order valence-electron chi connectivity index (χ0n) is 12.1. The number of ether oxygens (including phenoxy) is 1. The number of aromatic nitrogens is 2. The number of primary sulfonamides is 1. The van der Waals surface area contributed by atoms with Crippen LogP contribution in [0.25, 0.3) is 11.3 Å². The van der Waals surface area contributed by atoms with Crippen LogP contribution in [0, 0.1) is 6.92 Å². The summed E-state index contributed by atoms with van der Waals surface area (Å²) in [4.78, 5) is 8.61. The van der Waals surface area contributed by atoms with Crippen molar-refractivity contribution in [3.05, 3.63) is 53.7 Å². The molecule has 2 heterocycles. The van der Waals surface area contributed by atoms with Crippen LogP contribution in [-0.2, 0) is 10.0 Å². The zero-order valence-corrected chi connectivity index (χ0v) is 13.8. The Bertz CT molecular complexity index is 935. The number of thiazole rings is 1. The molecule has 0 amide bonds. The van der Waals surface area contributed by atoms with E-state index in [1.807, 2.05) is 24.4 Å². The topological polar surface area (TPSA) is 95.2 Å². The van der Waals surface area contributed by atoms with Crippen molar-refractivity contribution in [2.75, 3.05) is 0 Å². The summed E-state index contributed by atoms with van der Waals surface area (Å²) in [5.41, 5.74) is 2.68. The number of nitrogens with zero attached hydrogens (tertiary/aromatic N) is 2. The Morgan fingerprint density at radius 1 is 1.17 bits per heavy atom. The largest absolute Gasteiger partial charge is 0.431 e. The van der Waals surface area contributed by atoms with Gasteiger partial charge in [-0.05, 0) is 43.3 Å². The minimum atomic E-state index is -3.70. The number of aryl methyl sites for hydroxylation is 1. The molecule has 0 saturated carbocycles. The summed E-state index contributed by atoms with van der Waals surface area (Å²) in [5.74, 6) is 0.490. The summed E-state index contributed by atoms with van der Waals surface area (Å²) in [6, 6.07) is 9.69. The quantitative estimate of drug-likeness (QED) is 0.783. The average molecular weight is 347 g/mol. The van der Waals surface area contributed by atoms with Crippen LogP contribution < -0.4 is 9.88 Å². The summed E-state index contributed by atoms with van der Waals surface area (Å²) < 4.78 is 28.1. The van der Waals surface area contributed by atoms with E-state index in [1.54, 1.807) is 6.20 Å². The lowest BCUT2D eigenvalue weighted by molar-refractivity contribution is 0.479. The standard InChI is InChI=1S/C15H13N3O3S2/c1-10-8-11(6-7-17-10)14-9-22-15(18-14)21-12-2-4-13(5-3-12)23(16,19)20/h2-9H,1H3,(H2,16,19,20). The Morgan fingerprint density at radius 3 is 2.57 bits per heavy atom. The van der Waals surface area contributed by atoms with E-state index in [-0.39, 0.29) is 4.90 Å². The smallest absolute Gasteiger partial charge is 0.279 e. The first kappa shape index (κ1) is 15.6. The number of hydrogen-bond acceptors (Lipinski definition) is 6. The lowest BCUT2D eigenvalue weighted by Crippen LogP contribution is -2.11. The average Bonchev–Trinajstić information content (AvgIpc) is 2.95. The highest BCUT2D eigenvalue weighted by Gasteiger charge is 2.09. The molecule has 8 heteroatoms. The fraction of sp³-hybridized carbons (Fsp3) is 0.0667. The molecule has 0 atom stereocenters. The molecule has 2 aromatic heterocycles. The summed E-state index contributed by atoms with van der Waals surface area (Å²) in [6.07, 6.45) is 1.73. The second-order valence-corrected chi connectivity index (χ2v) is 7.19. The minimum Gasteiger partial charge on any atom is -0.431 e. The number of nitrogens with two attached hydrogens (primary N) is 1. The molecule has 3 aromatic rings. The van der Waals surface area contributed by atoms with E-state index in [2.05, 4.69) is 9.97 Å². The Hall–Kier alpha value is -2.29. The van der Waals surface area contributed by atoms with Gasteiger partial charge < -0.3 is 4.74 Å². The van der Waals surface area contributed by atoms with E-state index in [0.29, 0.717) is 10.9 Å². The Kier molecular flexibility index (Phi) is 4.12. The van der Waals surface area contributed by atoms with Gasteiger partial charge in [0, 0.05) is 22.8 Å². The second kappa shape index (κ2) is 6.07. The van der Waals surface area contributed by atoms with Gasteiger partial charge in [-0.1, -0.05) is 11.3 Å². The van der Waals surface area contributed by atoms with Crippen molar-refractivity contribution < 1.29 is 13.2 Å². The van der Waals surface area contributed by atoms with Gasteiger partial charge in [0.2, 0.25) is 10.0 Å². The van der Waals surface area contributed by atoms with Gasteiger partial charge in [0.05, 0.1) is 10.6 Å². The van der Waals surface area contributed by atoms with Crippen LogP contribution >= 0.6 is 11.3 Å². The molecule has 6 nitrogen and oxygen atoms in total. The maximum atomic E-state index is 11.2. The molecule has 3 rings (SSSR count). The molecule has 118 valence electrons. The third-order valence-corrected chi connectivity index (χ3v) is 4.68. The Labute approximate surface area is 137 Å². The molecule has 0 unspecified atom stereocenters. The first-order valence-corrected chi connectivity index (χ1v) is 9.04. The lowest BCUT2D eigenvalue weighted by atomic mass is 10.2. The molecule has 1 aromatic carbocycles. The monoisotopic (exact) mass is 347 g/mol. The van der Waals surface area contributed by atoms with Crippen LogP contribution in [0.15, 0.2) is 52.9 Å². The van der Waals surface area contributed by atoms with Crippen molar-refractivity contribution in [3.8, 4) is 22.2 Å². The maximum absolute atomic E-state index is 11.2. The van der Waals surface area contributed by atoms with E-state index >= 15 is 0 Å². The molecule has 0 saturated heterocycles. The number of hydrogen-bond donors (Lipinski definition) is 1. The van der Waals surface area contributed by atoms with Gasteiger partial charge in [0.1, 0.15) is 5.75 Å². The molecular weight excluding hydrogens is 334 g/mol. The predicted molar refractivity (Wildman–Crippen MR) is 88.0 cm³/mol. The predicted octanol–water partition coefficient (Wildman–Crippen LogP) is 2.95. The van der Waals surface area contributed by atoms with Crippen LogP contribution in [0.1, 0.15) is 5.69 Å². The van der Waals surface area contributed by atoms with Crippen LogP contribution in [0.2, 0.25) is 0 Å². The number of rotatable bonds is 4. The van der Waals surface area contributed by atoms with Crippen molar-refractivity contribution in [2.45, 2.75) is 11.8 Å². The van der Waals surface area contributed by atoms with Crippen molar-refractivity contribution in [1.29, 1.82) is 0 Å². The summed E-state index contributed by atoms with van der Waals surface area (Å²) in [7, 11) is -3.70. The normalized spacial score (nSPS) is 11.4. The molecule has 2 N–H and O–H groups in total. The fourth-order valence-electron chi connectivity index (χ4n) is 1.94. The van der Waals surface area contributed by atoms with Crippen LogP contribution in [-0.4, -0.2) is 18.4 Å². The van der Waals surface area contributed by atoms with Gasteiger partial charge in [0.15, 0.2) is 0 Å². The Balaban J connectivity index is 1.79. The van der Waals surface area contributed by atoms with Crippen LogP contribution in [0.3, 0.4) is 0 Å². The van der Waals surface area contributed by atoms with E-state index in [1.165, 1.54) is 35.6 Å². The van der Waals surface area contributed by atoms with Gasteiger partial charge in [0.25, 0.3) is 5.19 Å². The maximum Gasteiger partial charge on any atom is 0.279 e. The van der Waals surface area contributed by atoms with Crippen LogP contribution in [0.5, 0.6) is 10.9 Å². The third-order valence-electron chi connectivity index (χ3n) is 3.03. The van der Waals surface area contributed by atoms with Crippen molar-refractivity contribution in [3.63, 3.8) is 0 Å². The first-order chi connectivity index (χ1) is 10.9. The number of pyridine rings is 1. The second-order valence-electron chi connectivity index (χ2n) is 4.80. The molecule has 0 aliphatic carbocycles. The van der Waals surface area contributed by atoms with Crippen molar-refractivity contribution in [1.82, 2.24) is 9.97 Å². The molecule has 0 fully saturated rings. The molecule has 0 spiro atoms. The minimum absolute atomic E-state index is 0.0388. The van der Waals surface area contributed by atoms with E-state index < -0.39 is 10.0 Å². The highest BCUT2D eigenvalue weighted by Crippen LogP contribution is 2.30. The summed E-state index contributed by atoms with van der Waals surface area (Å²) >= 11 is 1.36. The van der Waals surface area contributed by atoms with E-state index in [9.17, 15) is 8.42 Å². The lowest BCUT2D eigenvalue weighted by Gasteiger charge is -2.03. The SMILES string of the molecule is Cc1cc(-c2csc(Oc3ccc(S(N)(=O)=O)cc3)n2)ccn1. The fourth-order valence-corrected chi connectivity index (χ4v) is 3.15. The zero-order chi connectivity index (χ0) is 16.4. The number of benzene rings is 1. The molecule has 0 aliphatic heterocycles. The van der Waals surface area contributed by atoms with Gasteiger partial charge in [-0.15, -0.1) is 0 Å². The molecular formula is C15H13N3O3S2. The number of sulfonamides is 1. The molecule has 23 heavy (non-hydrogen) atoms. The van der Waals surface area contributed by atoms with E-state index in [4.69, 9.17) is 9.88 Å². The highest BCUT2D eigenvalue weighted by atomic mass is 32.2. The molecule has 0 aliphatic rings. The van der Waals surface area contributed by atoms with Gasteiger partial charge in [-0.25, -0.2) is 18.5 Å². The van der Waals surface area contributed by atoms with Gasteiger partial charge in [-0.3, -0.25) is 4.98 Å². The summed E-state index contributed by atoms with van der Waals surface area (Å²) in [5, 5.41) is 7.42. The highest BCUT2D eigenvalue weighted by molar-refractivity contribution is 7.89. The van der Waals surface area contributed by atoms with Crippen molar-refractivity contribution in [2.24, 2.45) is 5.14 Å². The molecule has 0 radical (unpaired) electrons.